The number of nitrogens with zero attached hydrogens (tertiary/aromatic N) is 9. The Labute approximate surface area is 459 Å². The number of ether oxygens (including phenoxy) is 3. The Morgan fingerprint density at radius 1 is 0.897 bits per heavy atom. The van der Waals surface area contributed by atoms with Crippen LogP contribution in [0.2, 0.25) is 0 Å². The molecule has 5 fully saturated rings. The minimum atomic E-state index is -0.828. The summed E-state index contributed by atoms with van der Waals surface area (Å²) < 4.78 is 24.8. The number of nitrogen functional groups attached to an aromatic ring is 1. The number of aliphatic hydroxyl groups excluding tert-OH is 1. The minimum Gasteiger partial charge on any atom is -0.507 e. The Balaban J connectivity index is 0.604. The molecule has 4 aliphatic heterocycles. The van der Waals surface area contributed by atoms with Crippen molar-refractivity contribution in [3.05, 3.63) is 102 Å². The molecular weight excluding hydrogens is 1010 g/mol. The van der Waals surface area contributed by atoms with E-state index in [1.54, 1.807) is 29.5 Å². The zero-order chi connectivity index (χ0) is 54.0. The first kappa shape index (κ1) is 53.1. The number of aryl methyl sites for hydroxylation is 1. The van der Waals surface area contributed by atoms with Crippen molar-refractivity contribution in [1.29, 1.82) is 0 Å². The van der Waals surface area contributed by atoms with E-state index in [4.69, 9.17) is 24.5 Å². The second kappa shape index (κ2) is 23.2. The molecule has 6 aromatic rings. The van der Waals surface area contributed by atoms with E-state index in [-0.39, 0.29) is 72.9 Å². The number of anilines is 3. The summed E-state index contributed by atoms with van der Waals surface area (Å²) in [6, 6.07) is 22.5. The molecule has 78 heavy (non-hydrogen) atoms. The van der Waals surface area contributed by atoms with Crippen molar-refractivity contribution in [2.75, 3.05) is 61.4 Å². The first-order valence-corrected chi connectivity index (χ1v) is 28.6. The largest absolute Gasteiger partial charge is 0.507 e. The van der Waals surface area contributed by atoms with Gasteiger partial charge in [-0.3, -0.25) is 14.5 Å². The van der Waals surface area contributed by atoms with Gasteiger partial charge in [-0.1, -0.05) is 57.2 Å². The third kappa shape index (κ3) is 11.5. The molecule has 2 aromatic carbocycles. The summed E-state index contributed by atoms with van der Waals surface area (Å²) in [7, 11) is 0. The fourth-order valence-corrected chi connectivity index (χ4v) is 13.0. The number of thiazole rings is 1. The van der Waals surface area contributed by atoms with E-state index in [0.717, 1.165) is 97.8 Å². The SMILES string of the molecule is CC[C@H](NC(=O)[C@@H]1C[C@@H](O)CN1C(=O)[C@H](c1cc(OCCN2CCC(OC3CC(Oc4cc(N5C6CC[C@@H]5CN(c5cc(-c7ccccc7O)nnc5N)C6)ccn4)C3)CC2)no1)C(C)C)c1ccc(-c2scnc2C)cc1. The topological polar surface area (TPSA) is 231 Å². The highest BCUT2D eigenvalue weighted by atomic mass is 32.1. The number of phenols is 1. The van der Waals surface area contributed by atoms with Crippen molar-refractivity contribution >= 4 is 40.3 Å². The molecule has 20 heteroatoms. The van der Waals surface area contributed by atoms with Crippen LogP contribution in [0, 0.1) is 12.8 Å². The summed E-state index contributed by atoms with van der Waals surface area (Å²) in [6.07, 6.45) is 7.89. The molecule has 0 spiro atoms. The van der Waals surface area contributed by atoms with Gasteiger partial charge in [-0.25, -0.2) is 9.97 Å². The van der Waals surface area contributed by atoms with Gasteiger partial charge in [-0.05, 0) is 85.5 Å². The quantitative estimate of drug-likeness (QED) is 0.0614. The smallest absolute Gasteiger partial charge is 0.254 e. The Morgan fingerprint density at radius 2 is 1.67 bits per heavy atom. The van der Waals surface area contributed by atoms with Crippen LogP contribution in [-0.2, 0) is 14.3 Å². The van der Waals surface area contributed by atoms with Crippen LogP contribution in [0.25, 0.3) is 21.7 Å². The number of phenolic OH excluding ortho intramolecular Hbond substituents is 1. The van der Waals surface area contributed by atoms with Crippen molar-refractivity contribution in [3.8, 4) is 39.2 Å². The van der Waals surface area contributed by atoms with E-state index in [9.17, 15) is 19.8 Å². The van der Waals surface area contributed by atoms with Crippen LogP contribution in [0.4, 0.5) is 17.2 Å². The lowest BCUT2D eigenvalue weighted by molar-refractivity contribution is -0.141. The molecule has 5 aliphatic rings. The van der Waals surface area contributed by atoms with Gasteiger partial charge in [0.05, 0.1) is 51.8 Å². The lowest BCUT2D eigenvalue weighted by Gasteiger charge is -2.43. The monoisotopic (exact) mass is 1080 g/mol. The summed E-state index contributed by atoms with van der Waals surface area (Å²) in [5.41, 5.74) is 14.4. The Hall–Kier alpha value is -6.87. The third-order valence-corrected chi connectivity index (χ3v) is 17.4. The molecule has 2 bridgehead atoms. The first-order valence-electron chi connectivity index (χ1n) is 27.7. The second-order valence-corrected chi connectivity index (χ2v) is 22.8. The maximum absolute atomic E-state index is 14.3. The van der Waals surface area contributed by atoms with Gasteiger partial charge < -0.3 is 54.7 Å². The molecule has 19 nitrogen and oxygen atoms in total. The summed E-state index contributed by atoms with van der Waals surface area (Å²) >= 11 is 1.60. The van der Waals surface area contributed by atoms with Crippen molar-refractivity contribution in [3.63, 3.8) is 0 Å². The first-order chi connectivity index (χ1) is 37.8. The van der Waals surface area contributed by atoms with Crippen molar-refractivity contribution in [2.24, 2.45) is 5.92 Å². The van der Waals surface area contributed by atoms with Gasteiger partial charge in [0.1, 0.15) is 30.4 Å². The van der Waals surface area contributed by atoms with E-state index in [2.05, 4.69) is 57.5 Å². The van der Waals surface area contributed by atoms with Crippen molar-refractivity contribution < 1.29 is 38.5 Å². The van der Waals surface area contributed by atoms with Gasteiger partial charge in [-0.15, -0.1) is 21.5 Å². The molecule has 1 aliphatic carbocycles. The predicted molar refractivity (Wildman–Crippen MR) is 296 cm³/mol. The van der Waals surface area contributed by atoms with Gasteiger partial charge in [0, 0.05) is 100 Å². The minimum absolute atomic E-state index is 0.0552. The van der Waals surface area contributed by atoms with E-state index in [1.807, 2.05) is 81.9 Å². The number of hydrogen-bond acceptors (Lipinski definition) is 18. The highest BCUT2D eigenvalue weighted by Gasteiger charge is 2.45. The number of piperazine rings is 1. The Morgan fingerprint density at radius 3 is 2.38 bits per heavy atom. The molecule has 4 aromatic heterocycles. The van der Waals surface area contributed by atoms with E-state index < -0.39 is 18.1 Å². The van der Waals surface area contributed by atoms with Gasteiger partial charge >= 0.3 is 0 Å². The molecule has 2 amide bonds. The zero-order valence-corrected chi connectivity index (χ0v) is 45.6. The fourth-order valence-electron chi connectivity index (χ4n) is 12.2. The number of nitrogens with one attached hydrogen (secondary N) is 1. The molecule has 6 atom stereocenters. The van der Waals surface area contributed by atoms with Crippen LogP contribution in [0.3, 0.4) is 0 Å². The average Bonchev–Trinajstić information content (AvgIpc) is 4.36. The molecule has 4 saturated heterocycles. The third-order valence-electron chi connectivity index (χ3n) is 16.4. The summed E-state index contributed by atoms with van der Waals surface area (Å²) in [5.74, 6) is 0.366. The Kier molecular flexibility index (Phi) is 15.8. The standard InChI is InChI=1S/C58H71N11O8S/c1-5-46(36-10-12-37(13-11-36)55-35(4)61-33-78-55)62-57(72)49-25-41(70)32-68(49)58(73)54(34(2)3)51-29-53(65-77-51)74-23-22-66-20-17-42(18-21-66)75-43-26-44(27-43)76-52-24-38(16-19-60-52)69-39-14-15-40(69)31-67(30-39)48-28-47(63-64-56(48)59)45-8-6-7-9-50(45)71/h6-13,16,19,24,28-29,33-34,39-44,46,49,54,70-71H,5,14-15,17-18,20-23,25-27,30-32H2,1-4H3,(H2,59,64)(H,62,72)/t39-,40?,41-,43?,44?,46+,49+,54+/m1/s1. The maximum Gasteiger partial charge on any atom is 0.254 e. The van der Waals surface area contributed by atoms with Gasteiger partial charge in [0.25, 0.3) is 5.88 Å². The van der Waals surface area contributed by atoms with Crippen LogP contribution in [0.15, 0.2) is 89.0 Å². The molecule has 11 rings (SSSR count). The highest BCUT2D eigenvalue weighted by molar-refractivity contribution is 7.13. The zero-order valence-electron chi connectivity index (χ0n) is 44.8. The molecule has 412 valence electrons. The maximum atomic E-state index is 14.3. The second-order valence-electron chi connectivity index (χ2n) is 22.0. The Bertz CT molecular complexity index is 3020. The number of carbonyl (C=O) groups excluding carboxylic acids is 2. The number of carbonyl (C=O) groups is 2. The number of aromatic nitrogens is 5. The van der Waals surface area contributed by atoms with Crippen LogP contribution in [-0.4, -0.2) is 146 Å². The number of benzene rings is 2. The summed E-state index contributed by atoms with van der Waals surface area (Å²) in [6.45, 7) is 12.4. The number of aromatic hydroxyl groups is 1. The number of fused-ring (bicyclic) bond motifs is 2. The summed E-state index contributed by atoms with van der Waals surface area (Å²) in [4.78, 5) is 47.0. The number of likely N-dealkylation sites (tertiary alicyclic amines) is 2. The van der Waals surface area contributed by atoms with Crippen molar-refractivity contribution in [1.82, 2.24) is 40.4 Å². The normalized spacial score (nSPS) is 23.3. The molecular formula is C58H71N11O8S. The predicted octanol–water partition coefficient (Wildman–Crippen LogP) is 7.54. The van der Waals surface area contributed by atoms with E-state index in [1.165, 1.54) is 4.90 Å². The molecule has 8 heterocycles. The average molecular weight is 1080 g/mol. The number of aliphatic hydroxyl groups is 1. The molecule has 0 radical (unpaired) electrons. The van der Waals surface area contributed by atoms with Crippen LogP contribution >= 0.6 is 11.3 Å². The lowest BCUT2D eigenvalue weighted by Crippen LogP contribution is -2.54. The van der Waals surface area contributed by atoms with Gasteiger partial charge in [0.2, 0.25) is 17.7 Å². The molecule has 1 saturated carbocycles. The van der Waals surface area contributed by atoms with Crippen LogP contribution < -0.4 is 30.3 Å². The van der Waals surface area contributed by atoms with Crippen molar-refractivity contribution in [2.45, 2.75) is 134 Å². The highest BCUT2D eigenvalue weighted by Crippen LogP contribution is 2.41. The summed E-state index contributed by atoms with van der Waals surface area (Å²) in [5, 5.41) is 37.2. The number of para-hydroxylation sites is 1. The number of pyridine rings is 1. The molecule has 1 unspecified atom stereocenters. The number of amides is 2. The fraction of sp³-hybridized carbons (Fsp3) is 0.500. The number of piperidine rings is 1. The number of rotatable bonds is 19. The molecule has 5 N–H and O–H groups in total. The van der Waals surface area contributed by atoms with Crippen LogP contribution in [0.5, 0.6) is 17.5 Å². The van der Waals surface area contributed by atoms with Gasteiger partial charge in [0.15, 0.2) is 11.6 Å². The lowest BCUT2D eigenvalue weighted by atomic mass is 9.91. The van der Waals surface area contributed by atoms with Gasteiger partial charge in [-0.2, -0.15) is 0 Å². The van der Waals surface area contributed by atoms with E-state index >= 15 is 0 Å². The van der Waals surface area contributed by atoms with Crippen LogP contribution in [0.1, 0.15) is 101 Å². The van der Waals surface area contributed by atoms with E-state index in [0.29, 0.717) is 54.2 Å². The number of nitrogens with two attached hydrogens (primary N) is 1. The number of β-amino-alcohol motifs (C(OH)–C–C–N with tert-alkyl or cyclic N) is 1. The number of hydrogen-bond donors (Lipinski definition) is 4.